The van der Waals surface area contributed by atoms with Crippen LogP contribution in [0.5, 0.6) is 0 Å². The van der Waals surface area contributed by atoms with Crippen molar-refractivity contribution >= 4 is 25.3 Å². The average molecular weight is 129 g/mol. The molecule has 1 heterocycles. The monoisotopic (exact) mass is 129 g/mol. The molecule has 4 nitrogen and oxygen atoms in total. The molecule has 0 radical (unpaired) electrons. The molecule has 0 spiro atoms. The maximum atomic E-state index is 9.98. The van der Waals surface area contributed by atoms with Gasteiger partial charge in [0.1, 0.15) is 6.34 Å². The summed E-state index contributed by atoms with van der Waals surface area (Å²) < 4.78 is 0. The molecule has 42 valence electrons. The first kappa shape index (κ1) is 5.43. The van der Waals surface area contributed by atoms with Crippen molar-refractivity contribution < 1.29 is 4.79 Å². The van der Waals surface area contributed by atoms with Crippen LogP contribution in [-0.4, -0.2) is 17.6 Å². The van der Waals surface area contributed by atoms with Gasteiger partial charge in [0.25, 0.3) is 4.99 Å². The van der Waals surface area contributed by atoms with Crippen LogP contribution in [0, 0.1) is 0 Å². The zero-order valence-corrected chi connectivity index (χ0v) is 4.75. The Morgan fingerprint density at radius 2 is 2.50 bits per heavy atom. The first-order valence-corrected chi connectivity index (χ1v) is 2.36. The van der Waals surface area contributed by atoms with E-state index in [9.17, 15) is 4.79 Å². The van der Waals surface area contributed by atoms with E-state index in [2.05, 4.69) is 27.8 Å². The lowest BCUT2D eigenvalue weighted by Crippen LogP contribution is -2.12. The minimum absolute atomic E-state index is 0.517. The van der Waals surface area contributed by atoms with E-state index in [1.807, 2.05) is 0 Å². The fourth-order valence-corrected chi connectivity index (χ4v) is 0.405. The quantitative estimate of drug-likeness (QED) is 0.400. The van der Waals surface area contributed by atoms with Gasteiger partial charge in [-0.1, -0.05) is 0 Å². The van der Waals surface area contributed by atoms with Crippen LogP contribution in [0.4, 0.5) is 0 Å². The Balaban J connectivity index is 2.83. The lowest BCUT2D eigenvalue weighted by atomic mass is 10.6. The van der Waals surface area contributed by atoms with Gasteiger partial charge in [-0.2, -0.15) is 0 Å². The third-order valence-electron chi connectivity index (χ3n) is 0.662. The predicted molar refractivity (Wildman–Crippen MR) is 31.1 cm³/mol. The Morgan fingerprint density at radius 3 is 2.75 bits per heavy atom. The maximum Gasteiger partial charge on any atom is 0.271 e. The smallest absolute Gasteiger partial charge is 0.271 e. The van der Waals surface area contributed by atoms with Gasteiger partial charge in [-0.25, -0.2) is 4.99 Å². The van der Waals surface area contributed by atoms with Gasteiger partial charge in [-0.05, 0) is 0 Å². The molecule has 0 fully saturated rings. The van der Waals surface area contributed by atoms with Crippen molar-refractivity contribution in [3.8, 4) is 0 Å². The van der Waals surface area contributed by atoms with Crippen LogP contribution in [0.25, 0.3) is 0 Å². The topological polar surface area (TPSA) is 54.1 Å². The first-order valence-electron chi connectivity index (χ1n) is 1.91. The molecule has 1 unspecified atom stereocenters. The molecule has 8 heavy (non-hydrogen) atoms. The highest BCUT2D eigenvalue weighted by Crippen LogP contribution is 2.17. The van der Waals surface area contributed by atoms with Crippen LogP contribution >= 0.6 is 12.6 Å². The van der Waals surface area contributed by atoms with Crippen molar-refractivity contribution in [1.82, 2.24) is 0 Å². The second-order valence-corrected chi connectivity index (χ2v) is 1.92. The molecule has 0 N–H and O–H groups in total. The van der Waals surface area contributed by atoms with Crippen molar-refractivity contribution in [3.63, 3.8) is 0 Å². The third-order valence-corrected chi connectivity index (χ3v) is 0.973. The van der Waals surface area contributed by atoms with E-state index in [0.29, 0.717) is 6.29 Å². The summed E-state index contributed by atoms with van der Waals surface area (Å²) in [7, 11) is 0. The van der Waals surface area contributed by atoms with Gasteiger partial charge in [0.2, 0.25) is 0 Å². The molecule has 0 saturated heterocycles. The van der Waals surface area contributed by atoms with Crippen molar-refractivity contribution in [3.05, 3.63) is 0 Å². The SMILES string of the molecule is O=CC1(S)N=CN=N1. The number of thiol groups is 1. The van der Waals surface area contributed by atoms with Gasteiger partial charge in [0.05, 0.1) is 0 Å². The summed E-state index contributed by atoms with van der Waals surface area (Å²) in [5, 5.41) is 6.72. The third kappa shape index (κ3) is 0.764. The Hall–Kier alpha value is -0.710. The summed E-state index contributed by atoms with van der Waals surface area (Å²) in [5.41, 5.74) is 0. The Kier molecular flexibility index (Phi) is 1.13. The van der Waals surface area contributed by atoms with E-state index in [1.54, 1.807) is 0 Å². The number of hydrogen-bond acceptors (Lipinski definition) is 5. The number of carbonyl (C=O) groups excluding carboxylic acids is 1. The zero-order chi connectivity index (χ0) is 6.04. The standard InChI is InChI=1S/C3H3N3OS/c7-1-3(8)4-2-5-6-3/h1-2,8H. The second-order valence-electron chi connectivity index (χ2n) is 1.27. The van der Waals surface area contributed by atoms with Crippen LogP contribution in [-0.2, 0) is 4.79 Å². The first-order chi connectivity index (χ1) is 3.77. The average Bonchev–Trinajstić information content (AvgIpc) is 2.17. The molecule has 1 aliphatic rings. The Bertz CT molecular complexity index is 152. The number of hydrogen-bond donors (Lipinski definition) is 1. The predicted octanol–water partition coefficient (Wildman–Crippen LogP) is 0.263. The van der Waals surface area contributed by atoms with Gasteiger partial charge in [-0.15, -0.1) is 22.9 Å². The Morgan fingerprint density at radius 1 is 1.75 bits per heavy atom. The molecule has 0 aromatic heterocycles. The van der Waals surface area contributed by atoms with Crippen molar-refractivity contribution in [2.75, 3.05) is 0 Å². The van der Waals surface area contributed by atoms with E-state index < -0.39 is 4.99 Å². The molecule has 0 aliphatic carbocycles. The lowest BCUT2D eigenvalue weighted by Gasteiger charge is -2.00. The summed E-state index contributed by atoms with van der Waals surface area (Å²) in [4.78, 5) is 12.3. The van der Waals surface area contributed by atoms with Gasteiger partial charge in [0.15, 0.2) is 6.29 Å². The molecule has 1 atom stereocenters. The van der Waals surface area contributed by atoms with Crippen LogP contribution in [0.2, 0.25) is 0 Å². The largest absolute Gasteiger partial charge is 0.297 e. The van der Waals surface area contributed by atoms with E-state index >= 15 is 0 Å². The van der Waals surface area contributed by atoms with Crippen LogP contribution < -0.4 is 0 Å². The van der Waals surface area contributed by atoms with E-state index in [-0.39, 0.29) is 0 Å². The van der Waals surface area contributed by atoms with Crippen LogP contribution in [0.3, 0.4) is 0 Å². The molecule has 0 amide bonds. The zero-order valence-electron chi connectivity index (χ0n) is 3.85. The van der Waals surface area contributed by atoms with E-state index in [1.165, 1.54) is 6.34 Å². The summed E-state index contributed by atoms with van der Waals surface area (Å²) in [6, 6.07) is 0. The van der Waals surface area contributed by atoms with E-state index in [4.69, 9.17) is 0 Å². The minimum atomic E-state index is -1.22. The van der Waals surface area contributed by atoms with Gasteiger partial charge >= 0.3 is 0 Å². The molecule has 5 heteroatoms. The minimum Gasteiger partial charge on any atom is -0.297 e. The fraction of sp³-hybridized carbons (Fsp3) is 0.333. The maximum absolute atomic E-state index is 9.98. The highest BCUT2D eigenvalue weighted by atomic mass is 32.1. The van der Waals surface area contributed by atoms with Gasteiger partial charge in [-0.3, -0.25) is 4.79 Å². The molecule has 0 bridgehead atoms. The summed E-state index contributed by atoms with van der Waals surface area (Å²) in [6.07, 6.45) is 1.71. The van der Waals surface area contributed by atoms with Crippen molar-refractivity contribution in [2.45, 2.75) is 4.99 Å². The highest BCUT2D eigenvalue weighted by Gasteiger charge is 2.24. The number of rotatable bonds is 1. The Labute approximate surface area is 51.1 Å². The normalized spacial score (nSPS) is 33.6. The number of azo groups is 1. The molecule has 0 aromatic rings. The molecule has 0 aromatic carbocycles. The van der Waals surface area contributed by atoms with Crippen LogP contribution in [0.1, 0.15) is 0 Å². The van der Waals surface area contributed by atoms with Crippen molar-refractivity contribution in [1.29, 1.82) is 0 Å². The van der Waals surface area contributed by atoms with Gasteiger partial charge in [0, 0.05) is 0 Å². The number of carbonyl (C=O) groups is 1. The molecule has 1 aliphatic heterocycles. The number of nitrogens with zero attached hydrogens (tertiary/aromatic N) is 3. The lowest BCUT2D eigenvalue weighted by molar-refractivity contribution is -0.109. The fourth-order valence-electron chi connectivity index (χ4n) is 0.301. The molecular formula is C3H3N3OS. The summed E-state index contributed by atoms with van der Waals surface area (Å²) >= 11 is 3.75. The van der Waals surface area contributed by atoms with E-state index in [0.717, 1.165) is 0 Å². The molecular weight excluding hydrogens is 126 g/mol. The second kappa shape index (κ2) is 1.66. The van der Waals surface area contributed by atoms with Gasteiger partial charge < -0.3 is 0 Å². The summed E-state index contributed by atoms with van der Waals surface area (Å²) in [6.45, 7) is 0. The number of aldehydes is 1. The molecule has 0 saturated carbocycles. The summed E-state index contributed by atoms with van der Waals surface area (Å²) in [5.74, 6) is 0. The highest BCUT2D eigenvalue weighted by molar-refractivity contribution is 7.82. The number of aliphatic imine (C=N–C) groups is 1. The van der Waals surface area contributed by atoms with Crippen LogP contribution in [0.15, 0.2) is 15.2 Å². The molecule has 1 rings (SSSR count). The van der Waals surface area contributed by atoms with Crippen molar-refractivity contribution in [2.24, 2.45) is 15.2 Å².